The van der Waals surface area contributed by atoms with Crippen LogP contribution in [-0.2, 0) is 6.42 Å². The van der Waals surface area contributed by atoms with Crippen molar-refractivity contribution in [3.63, 3.8) is 0 Å². The summed E-state index contributed by atoms with van der Waals surface area (Å²) in [6.45, 7) is 1.12. The molecule has 0 spiro atoms. The zero-order chi connectivity index (χ0) is 10.8. The highest BCUT2D eigenvalue weighted by Gasteiger charge is 2.14. The largest absolute Gasteiger partial charge is 0.382 e. The molecule has 2 rings (SSSR count). The van der Waals surface area contributed by atoms with Crippen molar-refractivity contribution in [1.29, 1.82) is 0 Å². The molecule has 1 aromatic rings. The molecule has 0 unspecified atom stereocenters. The van der Waals surface area contributed by atoms with Gasteiger partial charge in [0.25, 0.3) is 0 Å². The highest BCUT2D eigenvalue weighted by Crippen LogP contribution is 2.26. The Balaban J connectivity index is 2.42. The van der Waals surface area contributed by atoms with E-state index in [4.69, 9.17) is 11.6 Å². The molecule has 1 aliphatic rings. The molecule has 0 aliphatic carbocycles. The van der Waals surface area contributed by atoms with E-state index in [0.717, 1.165) is 18.5 Å². The Morgan fingerprint density at radius 3 is 3.00 bits per heavy atom. The summed E-state index contributed by atoms with van der Waals surface area (Å²) in [5.41, 5.74) is 9.20. The van der Waals surface area contributed by atoms with Gasteiger partial charge in [0.15, 0.2) is 0 Å². The molecule has 0 bridgehead atoms. The van der Waals surface area contributed by atoms with E-state index in [1.165, 1.54) is 17.7 Å². The van der Waals surface area contributed by atoms with Crippen LogP contribution in [-0.4, -0.2) is 19.4 Å². The molecule has 80 valence electrons. The van der Waals surface area contributed by atoms with Crippen LogP contribution in [0.1, 0.15) is 17.5 Å². The number of aryl methyl sites for hydroxylation is 1. The number of amidine groups is 1. The molecule has 0 saturated carbocycles. The third-order valence-electron chi connectivity index (χ3n) is 2.87. The maximum Gasteiger partial charge on any atom is 0.150 e. The minimum absolute atomic E-state index is 0.394. The van der Waals surface area contributed by atoms with Crippen LogP contribution in [0.2, 0.25) is 0 Å². The molecular weight excluding hydrogens is 188 g/mol. The quantitative estimate of drug-likeness (QED) is 0.305. The third kappa shape index (κ3) is 1.75. The number of nitrogens with two attached hydrogens (primary N) is 2. The number of benzene rings is 1. The summed E-state index contributed by atoms with van der Waals surface area (Å²) in [6.07, 6.45) is 2.29. The maximum absolute atomic E-state index is 5.67. The first kappa shape index (κ1) is 9.83. The summed E-state index contributed by atoms with van der Waals surface area (Å²) in [4.78, 5) is 2.26. The van der Waals surface area contributed by atoms with Crippen molar-refractivity contribution in [2.45, 2.75) is 12.8 Å². The fourth-order valence-corrected chi connectivity index (χ4v) is 2.02. The number of hydrogen-bond donors (Lipinski definition) is 2. The van der Waals surface area contributed by atoms with Crippen LogP contribution in [0.5, 0.6) is 0 Å². The van der Waals surface area contributed by atoms with Crippen LogP contribution >= 0.6 is 0 Å². The van der Waals surface area contributed by atoms with Crippen molar-refractivity contribution in [1.82, 2.24) is 0 Å². The molecule has 1 heterocycles. The summed E-state index contributed by atoms with van der Waals surface area (Å²) in [7, 11) is 2.11. The lowest BCUT2D eigenvalue weighted by molar-refractivity contribution is 0.744. The molecule has 15 heavy (non-hydrogen) atoms. The summed E-state index contributed by atoms with van der Waals surface area (Å²) in [5, 5.41) is 3.51. The zero-order valence-corrected chi connectivity index (χ0v) is 8.90. The Morgan fingerprint density at radius 1 is 1.47 bits per heavy atom. The Bertz CT molecular complexity index is 398. The molecule has 4 N–H and O–H groups in total. The van der Waals surface area contributed by atoms with Gasteiger partial charge in [-0.3, -0.25) is 0 Å². The van der Waals surface area contributed by atoms with E-state index in [-0.39, 0.29) is 0 Å². The standard InChI is InChI=1S/C11H16N4/c1-15-6-2-3-8-7-9(11(12)14-13)4-5-10(8)15/h4-5,7H,2-3,6,13H2,1H3,(H2,12,14). The molecule has 1 aromatic carbocycles. The predicted molar refractivity (Wildman–Crippen MR) is 62.9 cm³/mol. The van der Waals surface area contributed by atoms with Crippen molar-refractivity contribution in [3.8, 4) is 0 Å². The first-order chi connectivity index (χ1) is 7.22. The van der Waals surface area contributed by atoms with Gasteiger partial charge in [0.1, 0.15) is 5.84 Å². The van der Waals surface area contributed by atoms with E-state index in [9.17, 15) is 0 Å². The molecule has 0 saturated heterocycles. The van der Waals surface area contributed by atoms with Crippen LogP contribution in [0, 0.1) is 0 Å². The first-order valence-electron chi connectivity index (χ1n) is 5.10. The molecule has 0 amide bonds. The number of hydrogen-bond acceptors (Lipinski definition) is 3. The fourth-order valence-electron chi connectivity index (χ4n) is 2.02. The maximum atomic E-state index is 5.67. The number of hydrazone groups is 1. The Hall–Kier alpha value is -1.71. The van der Waals surface area contributed by atoms with Gasteiger partial charge in [0, 0.05) is 24.8 Å². The van der Waals surface area contributed by atoms with E-state index in [1.54, 1.807) is 0 Å². The van der Waals surface area contributed by atoms with Gasteiger partial charge in [-0.05, 0) is 36.6 Å². The molecule has 4 nitrogen and oxygen atoms in total. The minimum Gasteiger partial charge on any atom is -0.382 e. The van der Waals surface area contributed by atoms with Gasteiger partial charge in [0.05, 0.1) is 0 Å². The molecule has 0 aromatic heterocycles. The van der Waals surface area contributed by atoms with Crippen LogP contribution in [0.4, 0.5) is 5.69 Å². The third-order valence-corrected chi connectivity index (χ3v) is 2.87. The van der Waals surface area contributed by atoms with Crippen molar-refractivity contribution in [3.05, 3.63) is 29.3 Å². The Labute approximate surface area is 89.6 Å². The molecule has 0 atom stereocenters. The second-order valence-corrected chi connectivity index (χ2v) is 3.88. The van der Waals surface area contributed by atoms with Crippen molar-refractivity contribution < 1.29 is 0 Å². The second-order valence-electron chi connectivity index (χ2n) is 3.88. The van der Waals surface area contributed by atoms with E-state index >= 15 is 0 Å². The van der Waals surface area contributed by atoms with E-state index in [0.29, 0.717) is 5.84 Å². The van der Waals surface area contributed by atoms with Gasteiger partial charge in [-0.25, -0.2) is 0 Å². The number of nitrogens with zero attached hydrogens (tertiary/aromatic N) is 2. The van der Waals surface area contributed by atoms with Crippen LogP contribution in [0.25, 0.3) is 0 Å². The minimum atomic E-state index is 0.394. The van der Waals surface area contributed by atoms with Crippen molar-refractivity contribution in [2.75, 3.05) is 18.5 Å². The van der Waals surface area contributed by atoms with Crippen LogP contribution in [0.15, 0.2) is 23.3 Å². The average molecular weight is 204 g/mol. The molecule has 0 radical (unpaired) electrons. The fraction of sp³-hybridized carbons (Fsp3) is 0.364. The smallest absolute Gasteiger partial charge is 0.150 e. The summed E-state index contributed by atoms with van der Waals surface area (Å²) >= 11 is 0. The predicted octanol–water partition coefficient (Wildman–Crippen LogP) is 0.648. The van der Waals surface area contributed by atoms with Crippen LogP contribution in [0.3, 0.4) is 0 Å². The molecule has 1 aliphatic heterocycles. The van der Waals surface area contributed by atoms with Crippen molar-refractivity contribution in [2.24, 2.45) is 16.7 Å². The normalized spacial score (nSPS) is 16.3. The number of anilines is 1. The topological polar surface area (TPSA) is 67.6 Å². The summed E-state index contributed by atoms with van der Waals surface area (Å²) in [6, 6.07) is 6.13. The highest BCUT2D eigenvalue weighted by molar-refractivity contribution is 5.97. The van der Waals surface area contributed by atoms with Gasteiger partial charge in [-0.1, -0.05) is 0 Å². The van der Waals surface area contributed by atoms with Crippen molar-refractivity contribution >= 4 is 11.5 Å². The van der Waals surface area contributed by atoms with E-state index in [2.05, 4.69) is 29.2 Å². The van der Waals surface area contributed by atoms with Gasteiger partial charge in [-0.15, -0.1) is 0 Å². The summed E-state index contributed by atoms with van der Waals surface area (Å²) in [5.74, 6) is 5.55. The SMILES string of the molecule is CN1CCCc2cc(C(N)=NN)ccc21. The Morgan fingerprint density at radius 2 is 2.27 bits per heavy atom. The van der Waals surface area contributed by atoms with Gasteiger partial charge in [-0.2, -0.15) is 5.10 Å². The zero-order valence-electron chi connectivity index (χ0n) is 8.90. The molecule has 4 heteroatoms. The van der Waals surface area contributed by atoms with Gasteiger partial charge < -0.3 is 16.5 Å². The highest BCUT2D eigenvalue weighted by atomic mass is 15.2. The first-order valence-corrected chi connectivity index (χ1v) is 5.10. The Kier molecular flexibility index (Phi) is 2.49. The van der Waals surface area contributed by atoms with E-state index in [1.807, 2.05) is 6.07 Å². The summed E-state index contributed by atoms with van der Waals surface area (Å²) < 4.78 is 0. The average Bonchev–Trinajstić information content (AvgIpc) is 2.28. The second kappa shape index (κ2) is 3.81. The van der Waals surface area contributed by atoms with E-state index < -0.39 is 0 Å². The van der Waals surface area contributed by atoms with Gasteiger partial charge >= 0.3 is 0 Å². The number of fused-ring (bicyclic) bond motifs is 1. The van der Waals surface area contributed by atoms with Crippen LogP contribution < -0.4 is 16.5 Å². The molecular formula is C11H16N4. The lowest BCUT2D eigenvalue weighted by Gasteiger charge is -2.27. The van der Waals surface area contributed by atoms with Gasteiger partial charge in [0.2, 0.25) is 0 Å². The number of rotatable bonds is 1. The monoisotopic (exact) mass is 204 g/mol. The lowest BCUT2D eigenvalue weighted by Crippen LogP contribution is -2.25. The molecule has 0 fully saturated rings. The lowest BCUT2D eigenvalue weighted by atomic mass is 9.99.